The molecule has 0 radical (unpaired) electrons. The average molecular weight is 439 g/mol. The lowest BCUT2D eigenvalue weighted by atomic mass is 10.0. The standard InChI is InChI=1S/C25H38N6O/c1-19(2)15-20(3)32-24-16-21(8-12-28-24)17-29-25(26-4)30-22-9-13-31(14-10-22)18-23-7-5-6-11-27-23/h5-8,11-12,16,19-20,22H,9-10,13-15,17-18H2,1-4H3,(H2,26,29,30). The maximum Gasteiger partial charge on any atom is 0.213 e. The Hall–Kier alpha value is -2.67. The Kier molecular flexibility index (Phi) is 9.28. The molecule has 174 valence electrons. The Balaban J connectivity index is 1.42. The number of rotatable bonds is 9. The van der Waals surface area contributed by atoms with Crippen molar-refractivity contribution in [3.63, 3.8) is 0 Å². The number of hydrogen-bond acceptors (Lipinski definition) is 5. The number of piperidine rings is 1. The van der Waals surface area contributed by atoms with Crippen LogP contribution in [0, 0.1) is 5.92 Å². The predicted octanol–water partition coefficient (Wildman–Crippen LogP) is 3.62. The van der Waals surface area contributed by atoms with Gasteiger partial charge in [0.15, 0.2) is 5.96 Å². The average Bonchev–Trinajstić information content (AvgIpc) is 2.78. The van der Waals surface area contributed by atoms with E-state index in [0.29, 0.717) is 24.4 Å². The molecule has 7 heteroatoms. The molecule has 2 aromatic rings. The second-order valence-corrected chi connectivity index (χ2v) is 9.00. The molecular formula is C25H38N6O. The van der Waals surface area contributed by atoms with Crippen LogP contribution in [0.15, 0.2) is 47.7 Å². The van der Waals surface area contributed by atoms with E-state index < -0.39 is 0 Å². The third kappa shape index (κ3) is 8.11. The molecule has 1 aliphatic heterocycles. The molecule has 0 bridgehead atoms. The normalized spacial score (nSPS) is 16.7. The van der Waals surface area contributed by atoms with E-state index in [-0.39, 0.29) is 6.10 Å². The summed E-state index contributed by atoms with van der Waals surface area (Å²) < 4.78 is 5.98. The van der Waals surface area contributed by atoms with Gasteiger partial charge in [0.1, 0.15) is 0 Å². The third-order valence-corrected chi connectivity index (χ3v) is 5.65. The summed E-state index contributed by atoms with van der Waals surface area (Å²) in [6.45, 7) is 10.2. The van der Waals surface area contributed by atoms with Crippen molar-refractivity contribution in [1.29, 1.82) is 0 Å². The van der Waals surface area contributed by atoms with Gasteiger partial charge in [-0.1, -0.05) is 19.9 Å². The van der Waals surface area contributed by atoms with Gasteiger partial charge in [0.25, 0.3) is 0 Å². The monoisotopic (exact) mass is 438 g/mol. The van der Waals surface area contributed by atoms with Gasteiger partial charge < -0.3 is 15.4 Å². The van der Waals surface area contributed by atoms with Gasteiger partial charge in [0, 0.05) is 57.7 Å². The van der Waals surface area contributed by atoms with Gasteiger partial charge in [0.2, 0.25) is 5.88 Å². The largest absolute Gasteiger partial charge is 0.475 e. The molecule has 0 aromatic carbocycles. The van der Waals surface area contributed by atoms with E-state index in [1.807, 2.05) is 37.6 Å². The Morgan fingerprint density at radius 3 is 2.66 bits per heavy atom. The summed E-state index contributed by atoms with van der Waals surface area (Å²) in [5.74, 6) is 2.12. The van der Waals surface area contributed by atoms with Gasteiger partial charge in [-0.15, -0.1) is 0 Å². The van der Waals surface area contributed by atoms with E-state index in [4.69, 9.17) is 4.74 Å². The molecule has 3 rings (SSSR count). The van der Waals surface area contributed by atoms with Crippen molar-refractivity contribution in [2.24, 2.45) is 10.9 Å². The van der Waals surface area contributed by atoms with Crippen LogP contribution in [0.5, 0.6) is 5.88 Å². The van der Waals surface area contributed by atoms with Crippen LogP contribution in [0.2, 0.25) is 0 Å². The summed E-state index contributed by atoms with van der Waals surface area (Å²) in [5, 5.41) is 7.01. The first kappa shape index (κ1) is 24.0. The van der Waals surface area contributed by atoms with Gasteiger partial charge in [-0.25, -0.2) is 4.98 Å². The van der Waals surface area contributed by atoms with Gasteiger partial charge in [0.05, 0.1) is 11.8 Å². The number of hydrogen-bond donors (Lipinski definition) is 2. The number of nitrogens with one attached hydrogen (secondary N) is 2. The van der Waals surface area contributed by atoms with Crippen molar-refractivity contribution in [1.82, 2.24) is 25.5 Å². The third-order valence-electron chi connectivity index (χ3n) is 5.65. The molecule has 1 aliphatic rings. The highest BCUT2D eigenvalue weighted by Gasteiger charge is 2.20. The summed E-state index contributed by atoms with van der Waals surface area (Å²) in [6.07, 6.45) is 7.03. The van der Waals surface area contributed by atoms with Crippen molar-refractivity contribution in [3.8, 4) is 5.88 Å². The molecule has 0 amide bonds. The maximum absolute atomic E-state index is 5.98. The molecule has 1 unspecified atom stereocenters. The van der Waals surface area contributed by atoms with E-state index in [2.05, 4.69) is 63.4 Å². The highest BCUT2D eigenvalue weighted by Crippen LogP contribution is 2.15. The van der Waals surface area contributed by atoms with Crippen LogP contribution in [0.3, 0.4) is 0 Å². The zero-order valence-corrected chi connectivity index (χ0v) is 19.9. The van der Waals surface area contributed by atoms with Crippen molar-refractivity contribution < 1.29 is 4.74 Å². The minimum atomic E-state index is 0.156. The predicted molar refractivity (Wildman–Crippen MR) is 130 cm³/mol. The Morgan fingerprint density at radius 1 is 1.16 bits per heavy atom. The van der Waals surface area contributed by atoms with E-state index in [0.717, 1.165) is 56.1 Å². The Labute approximate surface area is 192 Å². The second-order valence-electron chi connectivity index (χ2n) is 9.00. The van der Waals surface area contributed by atoms with E-state index >= 15 is 0 Å². The highest BCUT2D eigenvalue weighted by atomic mass is 16.5. The molecule has 0 saturated carbocycles. The first-order valence-electron chi connectivity index (χ1n) is 11.7. The van der Waals surface area contributed by atoms with Crippen LogP contribution >= 0.6 is 0 Å². The number of aromatic nitrogens is 2. The quantitative estimate of drug-likeness (QED) is 0.460. The fraction of sp³-hybridized carbons (Fsp3) is 0.560. The van der Waals surface area contributed by atoms with Crippen LogP contribution < -0.4 is 15.4 Å². The summed E-state index contributed by atoms with van der Waals surface area (Å²) in [7, 11) is 1.82. The fourth-order valence-electron chi connectivity index (χ4n) is 4.07. The van der Waals surface area contributed by atoms with Gasteiger partial charge >= 0.3 is 0 Å². The second kappa shape index (κ2) is 12.4. The zero-order chi connectivity index (χ0) is 22.8. The van der Waals surface area contributed by atoms with Crippen molar-refractivity contribution in [3.05, 3.63) is 54.0 Å². The molecule has 32 heavy (non-hydrogen) atoms. The molecule has 2 aromatic heterocycles. The smallest absolute Gasteiger partial charge is 0.213 e. The van der Waals surface area contributed by atoms with Crippen LogP contribution in [0.25, 0.3) is 0 Å². The lowest BCUT2D eigenvalue weighted by Crippen LogP contribution is -2.48. The molecule has 0 spiro atoms. The lowest BCUT2D eigenvalue weighted by Gasteiger charge is -2.32. The van der Waals surface area contributed by atoms with E-state index in [9.17, 15) is 0 Å². The molecule has 2 N–H and O–H groups in total. The van der Waals surface area contributed by atoms with Crippen molar-refractivity contribution in [2.75, 3.05) is 20.1 Å². The van der Waals surface area contributed by atoms with Crippen molar-refractivity contribution >= 4 is 5.96 Å². The summed E-state index contributed by atoms with van der Waals surface area (Å²) in [4.78, 5) is 15.7. The molecule has 1 saturated heterocycles. The number of pyridine rings is 2. The minimum Gasteiger partial charge on any atom is -0.475 e. The topological polar surface area (TPSA) is 74.7 Å². The Morgan fingerprint density at radius 2 is 1.97 bits per heavy atom. The molecule has 1 fully saturated rings. The van der Waals surface area contributed by atoms with Gasteiger partial charge in [-0.05, 0) is 55.9 Å². The summed E-state index contributed by atoms with van der Waals surface area (Å²) in [6, 6.07) is 10.6. The Bertz CT molecular complexity index is 833. The van der Waals surface area contributed by atoms with Crippen LogP contribution in [-0.2, 0) is 13.1 Å². The minimum absolute atomic E-state index is 0.156. The summed E-state index contributed by atoms with van der Waals surface area (Å²) >= 11 is 0. The van der Waals surface area contributed by atoms with E-state index in [1.54, 1.807) is 0 Å². The maximum atomic E-state index is 5.98. The van der Waals surface area contributed by atoms with E-state index in [1.165, 1.54) is 0 Å². The van der Waals surface area contributed by atoms with Crippen molar-refractivity contribution in [2.45, 2.75) is 65.3 Å². The zero-order valence-electron chi connectivity index (χ0n) is 19.9. The number of aliphatic imine (C=N–C) groups is 1. The lowest BCUT2D eigenvalue weighted by molar-refractivity contribution is 0.185. The van der Waals surface area contributed by atoms with Crippen LogP contribution in [0.4, 0.5) is 0 Å². The molecular weight excluding hydrogens is 400 g/mol. The molecule has 0 aliphatic carbocycles. The van der Waals surface area contributed by atoms with Gasteiger partial charge in [-0.2, -0.15) is 0 Å². The molecule has 3 heterocycles. The van der Waals surface area contributed by atoms with Gasteiger partial charge in [-0.3, -0.25) is 14.9 Å². The van der Waals surface area contributed by atoms with Crippen LogP contribution in [0.1, 0.15) is 51.3 Å². The number of nitrogens with zero attached hydrogens (tertiary/aromatic N) is 4. The first-order valence-corrected chi connectivity index (χ1v) is 11.7. The molecule has 1 atom stereocenters. The van der Waals surface area contributed by atoms with Crippen LogP contribution in [-0.4, -0.2) is 53.1 Å². The number of ether oxygens (including phenoxy) is 1. The number of guanidine groups is 1. The first-order chi connectivity index (χ1) is 15.5. The summed E-state index contributed by atoms with van der Waals surface area (Å²) in [5.41, 5.74) is 2.26. The number of likely N-dealkylation sites (tertiary alicyclic amines) is 1. The SMILES string of the molecule is CN=C(NCc1ccnc(OC(C)CC(C)C)c1)NC1CCN(Cc2ccccn2)CC1. The fourth-order valence-corrected chi connectivity index (χ4v) is 4.07. The highest BCUT2D eigenvalue weighted by molar-refractivity contribution is 5.79. The molecule has 7 nitrogen and oxygen atoms in total.